The summed E-state index contributed by atoms with van der Waals surface area (Å²) in [6.07, 6.45) is 0.612. The van der Waals surface area contributed by atoms with E-state index in [0.29, 0.717) is 25.3 Å². The third-order valence-electron chi connectivity index (χ3n) is 2.45. The summed E-state index contributed by atoms with van der Waals surface area (Å²) in [4.78, 5) is 1.05. The molecule has 96 valence electrons. The van der Waals surface area contributed by atoms with E-state index >= 15 is 0 Å². The zero-order valence-electron chi connectivity index (χ0n) is 9.66. The minimum Gasteiger partial charge on any atom is -0.485 e. The highest BCUT2D eigenvalue weighted by Crippen LogP contribution is 2.27. The highest BCUT2D eigenvalue weighted by atomic mass is 79.9. The van der Waals surface area contributed by atoms with E-state index in [2.05, 4.69) is 15.9 Å². The molecule has 0 aliphatic carbocycles. The molecule has 18 heavy (non-hydrogen) atoms. The van der Waals surface area contributed by atoms with Crippen LogP contribution in [-0.2, 0) is 13.0 Å². The van der Waals surface area contributed by atoms with Gasteiger partial charge in [0, 0.05) is 4.88 Å². The van der Waals surface area contributed by atoms with Crippen molar-refractivity contribution < 1.29 is 9.13 Å². The minimum absolute atomic E-state index is 0.312. The normalized spacial score (nSPS) is 10.6. The van der Waals surface area contributed by atoms with E-state index in [4.69, 9.17) is 10.5 Å². The first-order chi connectivity index (χ1) is 8.70. The van der Waals surface area contributed by atoms with Crippen LogP contribution in [-0.4, -0.2) is 6.54 Å². The predicted molar refractivity (Wildman–Crippen MR) is 75.5 cm³/mol. The molecular formula is C13H13BrFNOS. The van der Waals surface area contributed by atoms with Crippen molar-refractivity contribution in [3.63, 3.8) is 0 Å². The number of nitrogens with two attached hydrogens (primary N) is 1. The maximum atomic E-state index is 13.7. The fourth-order valence-corrected chi connectivity index (χ4v) is 3.04. The molecule has 2 rings (SSSR count). The molecule has 0 spiro atoms. The van der Waals surface area contributed by atoms with Gasteiger partial charge in [-0.05, 0) is 52.7 Å². The third-order valence-corrected chi connectivity index (χ3v) is 4.05. The molecule has 0 atom stereocenters. The zero-order chi connectivity index (χ0) is 13.0. The topological polar surface area (TPSA) is 35.2 Å². The molecule has 2 N–H and O–H groups in total. The summed E-state index contributed by atoms with van der Waals surface area (Å²) in [6.45, 7) is 0.846. The Morgan fingerprint density at radius 2 is 2.11 bits per heavy atom. The van der Waals surface area contributed by atoms with Crippen molar-refractivity contribution in [2.75, 3.05) is 6.54 Å². The van der Waals surface area contributed by atoms with Crippen LogP contribution >= 0.6 is 27.3 Å². The van der Waals surface area contributed by atoms with Crippen molar-refractivity contribution in [2.24, 2.45) is 5.73 Å². The minimum atomic E-state index is -0.337. The molecule has 0 radical (unpaired) electrons. The highest BCUT2D eigenvalue weighted by molar-refractivity contribution is 9.11. The van der Waals surface area contributed by atoms with Crippen molar-refractivity contribution >= 4 is 27.3 Å². The van der Waals surface area contributed by atoms with Gasteiger partial charge in [0.05, 0.1) is 3.79 Å². The number of ether oxygens (including phenoxy) is 1. The van der Waals surface area contributed by atoms with Crippen molar-refractivity contribution in [3.8, 4) is 5.75 Å². The zero-order valence-corrected chi connectivity index (χ0v) is 12.1. The van der Waals surface area contributed by atoms with Crippen molar-refractivity contribution in [1.82, 2.24) is 0 Å². The number of benzene rings is 1. The third kappa shape index (κ3) is 3.31. The summed E-state index contributed by atoms with van der Waals surface area (Å²) >= 11 is 4.96. The maximum absolute atomic E-state index is 13.7. The molecule has 0 saturated carbocycles. The summed E-state index contributed by atoms with van der Waals surface area (Å²) in [5.74, 6) is -0.0240. The number of thiophene rings is 1. The van der Waals surface area contributed by atoms with Crippen LogP contribution in [0.4, 0.5) is 4.39 Å². The van der Waals surface area contributed by atoms with E-state index in [-0.39, 0.29) is 5.82 Å². The van der Waals surface area contributed by atoms with E-state index in [1.165, 1.54) is 6.07 Å². The Morgan fingerprint density at radius 1 is 1.28 bits per heavy atom. The van der Waals surface area contributed by atoms with Gasteiger partial charge in [-0.2, -0.15) is 0 Å². The first-order valence-corrected chi connectivity index (χ1v) is 7.16. The first kappa shape index (κ1) is 13.5. The van der Waals surface area contributed by atoms with Gasteiger partial charge in [0.2, 0.25) is 0 Å². The van der Waals surface area contributed by atoms with Crippen LogP contribution in [0.3, 0.4) is 0 Å². The van der Waals surface area contributed by atoms with Crippen LogP contribution in [0, 0.1) is 5.82 Å². The molecule has 0 aliphatic heterocycles. The second-order valence-corrected chi connectivity index (χ2v) is 6.31. The number of halogens is 2. The summed E-state index contributed by atoms with van der Waals surface area (Å²) in [6, 6.07) is 8.83. The predicted octanol–water partition coefficient (Wildman–Crippen LogP) is 3.73. The summed E-state index contributed by atoms with van der Waals surface area (Å²) in [5.41, 5.74) is 6.32. The summed E-state index contributed by atoms with van der Waals surface area (Å²) < 4.78 is 20.3. The SMILES string of the molecule is NCCc1cccc(F)c1OCc1ccc(Br)s1. The molecule has 0 bridgehead atoms. The second-order valence-electron chi connectivity index (χ2n) is 3.76. The molecule has 1 heterocycles. The van der Waals surface area contributed by atoms with Crippen molar-refractivity contribution in [3.05, 3.63) is 50.4 Å². The Labute approximate surface area is 118 Å². The van der Waals surface area contributed by atoms with Gasteiger partial charge in [-0.25, -0.2) is 4.39 Å². The molecular weight excluding hydrogens is 317 g/mol. The largest absolute Gasteiger partial charge is 0.485 e. The second kappa shape index (κ2) is 6.31. The summed E-state index contributed by atoms with van der Waals surface area (Å²) in [7, 11) is 0. The van der Waals surface area contributed by atoms with Crippen LogP contribution in [0.5, 0.6) is 5.75 Å². The number of rotatable bonds is 5. The van der Waals surface area contributed by atoms with E-state index in [1.807, 2.05) is 18.2 Å². The van der Waals surface area contributed by atoms with Crippen LogP contribution < -0.4 is 10.5 Å². The van der Waals surface area contributed by atoms with Crippen LogP contribution in [0.2, 0.25) is 0 Å². The maximum Gasteiger partial charge on any atom is 0.165 e. The fraction of sp³-hybridized carbons (Fsp3) is 0.231. The van der Waals surface area contributed by atoms with Crippen molar-refractivity contribution in [1.29, 1.82) is 0 Å². The highest BCUT2D eigenvalue weighted by Gasteiger charge is 2.10. The van der Waals surface area contributed by atoms with Crippen LogP contribution in [0.1, 0.15) is 10.4 Å². The standard InChI is InChI=1S/C13H13BrFNOS/c14-12-5-4-10(18-12)8-17-13-9(6-7-16)2-1-3-11(13)15/h1-5H,6-8,16H2. The summed E-state index contributed by atoms with van der Waals surface area (Å²) in [5, 5.41) is 0. The fourth-order valence-electron chi connectivity index (χ4n) is 1.64. The van der Waals surface area contributed by atoms with E-state index in [0.717, 1.165) is 14.2 Å². The van der Waals surface area contributed by atoms with Gasteiger partial charge < -0.3 is 10.5 Å². The monoisotopic (exact) mass is 329 g/mol. The molecule has 2 aromatic rings. The van der Waals surface area contributed by atoms with Crippen LogP contribution in [0.25, 0.3) is 0 Å². The van der Waals surface area contributed by atoms with Gasteiger partial charge in [-0.1, -0.05) is 12.1 Å². The van der Waals surface area contributed by atoms with Gasteiger partial charge in [0.25, 0.3) is 0 Å². The van der Waals surface area contributed by atoms with Gasteiger partial charge in [0.1, 0.15) is 6.61 Å². The first-order valence-electron chi connectivity index (χ1n) is 5.55. The van der Waals surface area contributed by atoms with Crippen LogP contribution in [0.15, 0.2) is 34.1 Å². The number of hydrogen-bond donors (Lipinski definition) is 1. The lowest BCUT2D eigenvalue weighted by Crippen LogP contribution is -2.06. The van der Waals surface area contributed by atoms with Gasteiger partial charge >= 0.3 is 0 Å². The van der Waals surface area contributed by atoms with Gasteiger partial charge in [0.15, 0.2) is 11.6 Å². The Hall–Kier alpha value is -0.910. The average molecular weight is 330 g/mol. The molecule has 5 heteroatoms. The smallest absolute Gasteiger partial charge is 0.165 e. The molecule has 2 nitrogen and oxygen atoms in total. The molecule has 0 saturated heterocycles. The Kier molecular flexibility index (Phi) is 4.74. The molecule has 0 fully saturated rings. The molecule has 0 amide bonds. The van der Waals surface area contributed by atoms with E-state index < -0.39 is 0 Å². The lowest BCUT2D eigenvalue weighted by Gasteiger charge is -2.11. The lowest BCUT2D eigenvalue weighted by atomic mass is 10.1. The molecule has 0 unspecified atom stereocenters. The van der Waals surface area contributed by atoms with Crippen molar-refractivity contribution in [2.45, 2.75) is 13.0 Å². The molecule has 0 aliphatic rings. The average Bonchev–Trinajstić information content (AvgIpc) is 2.75. The molecule has 1 aromatic carbocycles. The quantitative estimate of drug-likeness (QED) is 0.907. The Bertz CT molecular complexity index is 529. The van der Waals surface area contributed by atoms with E-state index in [9.17, 15) is 4.39 Å². The Morgan fingerprint density at radius 3 is 2.78 bits per heavy atom. The number of hydrogen-bond acceptors (Lipinski definition) is 3. The van der Waals surface area contributed by atoms with Gasteiger partial charge in [-0.15, -0.1) is 11.3 Å². The van der Waals surface area contributed by atoms with E-state index in [1.54, 1.807) is 17.4 Å². The molecule has 1 aromatic heterocycles. The lowest BCUT2D eigenvalue weighted by molar-refractivity contribution is 0.290. The number of para-hydroxylation sites is 1. The Balaban J connectivity index is 2.12. The van der Waals surface area contributed by atoms with Gasteiger partial charge in [-0.3, -0.25) is 0 Å².